The molecule has 2 atom stereocenters. The molecule has 1 unspecified atom stereocenters. The molecule has 0 aromatic heterocycles. The van der Waals surface area contributed by atoms with E-state index in [0.29, 0.717) is 0 Å². The highest BCUT2D eigenvalue weighted by molar-refractivity contribution is 9.10. The third-order valence-electron chi connectivity index (χ3n) is 2.50. The zero-order chi connectivity index (χ0) is 13.9. The van der Waals surface area contributed by atoms with Crippen LogP contribution < -0.4 is 4.72 Å². The maximum atomic E-state index is 11.7. The summed E-state index contributed by atoms with van der Waals surface area (Å²) in [6, 6.07) is 6.66. The third kappa shape index (κ3) is 3.79. The van der Waals surface area contributed by atoms with E-state index in [9.17, 15) is 13.2 Å². The van der Waals surface area contributed by atoms with Crippen molar-refractivity contribution in [3.63, 3.8) is 0 Å². The monoisotopic (exact) mass is 335 g/mol. The summed E-state index contributed by atoms with van der Waals surface area (Å²) in [6.45, 7) is 2.80. The van der Waals surface area contributed by atoms with Crippen molar-refractivity contribution < 1.29 is 18.3 Å². The lowest BCUT2D eigenvalue weighted by atomic mass is 10.1. The van der Waals surface area contributed by atoms with E-state index in [1.807, 2.05) is 6.07 Å². The van der Waals surface area contributed by atoms with Gasteiger partial charge in [0.15, 0.2) is 5.25 Å². The molecule has 0 bridgehead atoms. The van der Waals surface area contributed by atoms with Gasteiger partial charge in [-0.2, -0.15) is 0 Å². The predicted octanol–water partition coefficient (Wildman–Crippen LogP) is 1.90. The first kappa shape index (κ1) is 15.1. The highest BCUT2D eigenvalue weighted by Gasteiger charge is 2.29. The first-order chi connectivity index (χ1) is 8.24. The second-order valence-electron chi connectivity index (χ2n) is 3.92. The van der Waals surface area contributed by atoms with E-state index in [0.717, 1.165) is 17.0 Å². The molecule has 0 saturated carbocycles. The molecule has 100 valence electrons. The minimum atomic E-state index is -3.88. The van der Waals surface area contributed by atoms with E-state index in [2.05, 4.69) is 20.7 Å². The first-order valence-electron chi connectivity index (χ1n) is 5.23. The molecule has 1 aromatic rings. The number of aliphatic carboxylic acids is 1. The van der Waals surface area contributed by atoms with Crippen LogP contribution in [0.5, 0.6) is 0 Å². The Hall–Kier alpha value is -0.920. The molecule has 0 heterocycles. The SMILES string of the molecule is CC(C(=O)O)S(=O)(=O)N[C@@H](C)c1cccc(Br)c1. The molecule has 0 spiro atoms. The van der Waals surface area contributed by atoms with Crippen LogP contribution in [0.2, 0.25) is 0 Å². The Bertz CT molecular complexity index is 544. The molecular weight excluding hydrogens is 322 g/mol. The van der Waals surface area contributed by atoms with E-state index < -0.39 is 27.3 Å². The second-order valence-corrected chi connectivity index (χ2v) is 6.87. The van der Waals surface area contributed by atoms with Gasteiger partial charge in [-0.25, -0.2) is 13.1 Å². The minimum Gasteiger partial charge on any atom is -0.480 e. The van der Waals surface area contributed by atoms with Crippen LogP contribution in [-0.2, 0) is 14.8 Å². The Labute approximate surface area is 114 Å². The fourth-order valence-corrected chi connectivity index (χ4v) is 2.84. The Kier molecular flexibility index (Phi) is 4.89. The summed E-state index contributed by atoms with van der Waals surface area (Å²) in [7, 11) is -3.88. The Balaban J connectivity index is 2.88. The Morgan fingerprint density at radius 1 is 1.39 bits per heavy atom. The number of hydrogen-bond acceptors (Lipinski definition) is 3. The van der Waals surface area contributed by atoms with Crippen LogP contribution in [0.1, 0.15) is 25.5 Å². The van der Waals surface area contributed by atoms with Gasteiger partial charge in [0.05, 0.1) is 0 Å². The third-order valence-corrected chi connectivity index (χ3v) is 4.81. The van der Waals surface area contributed by atoms with Crippen molar-refractivity contribution in [2.45, 2.75) is 25.1 Å². The smallest absolute Gasteiger partial charge is 0.323 e. The van der Waals surface area contributed by atoms with Gasteiger partial charge >= 0.3 is 5.97 Å². The molecule has 0 aliphatic heterocycles. The number of hydrogen-bond donors (Lipinski definition) is 2. The molecular formula is C11H14BrNO4S. The van der Waals surface area contributed by atoms with Gasteiger partial charge in [-0.15, -0.1) is 0 Å². The van der Waals surface area contributed by atoms with Crippen LogP contribution in [0.15, 0.2) is 28.7 Å². The van der Waals surface area contributed by atoms with Crippen LogP contribution >= 0.6 is 15.9 Å². The number of carboxylic acid groups (broad SMARTS) is 1. The van der Waals surface area contributed by atoms with E-state index in [-0.39, 0.29) is 0 Å². The van der Waals surface area contributed by atoms with Gasteiger partial charge in [-0.3, -0.25) is 4.79 Å². The standard InChI is InChI=1S/C11H14BrNO4S/c1-7(9-4-3-5-10(12)6-9)13-18(16,17)8(2)11(14)15/h3-8,13H,1-2H3,(H,14,15)/t7-,8?/m0/s1. The number of benzene rings is 1. The summed E-state index contributed by atoms with van der Waals surface area (Å²) in [5, 5.41) is 7.24. The van der Waals surface area contributed by atoms with Crippen LogP contribution in [0.25, 0.3) is 0 Å². The van der Waals surface area contributed by atoms with Gasteiger partial charge in [0, 0.05) is 10.5 Å². The van der Waals surface area contributed by atoms with Gasteiger partial charge in [-0.05, 0) is 31.5 Å². The average Bonchev–Trinajstić information content (AvgIpc) is 2.27. The van der Waals surface area contributed by atoms with Gasteiger partial charge in [0.25, 0.3) is 0 Å². The lowest BCUT2D eigenvalue weighted by Gasteiger charge is -2.16. The minimum absolute atomic E-state index is 0.491. The number of nitrogens with one attached hydrogen (secondary N) is 1. The summed E-state index contributed by atoms with van der Waals surface area (Å²) in [5.74, 6) is -1.37. The summed E-state index contributed by atoms with van der Waals surface area (Å²) < 4.78 is 26.7. The molecule has 5 nitrogen and oxygen atoms in total. The Morgan fingerprint density at radius 2 is 2.00 bits per heavy atom. The maximum absolute atomic E-state index is 11.7. The van der Waals surface area contributed by atoms with Crippen LogP contribution in [0, 0.1) is 0 Å². The number of halogens is 1. The molecule has 0 amide bonds. The fraction of sp³-hybridized carbons (Fsp3) is 0.364. The molecule has 0 saturated heterocycles. The van der Waals surface area contributed by atoms with Crippen molar-refractivity contribution >= 4 is 31.9 Å². The largest absolute Gasteiger partial charge is 0.480 e. The zero-order valence-electron chi connectivity index (χ0n) is 9.92. The molecule has 1 aromatic carbocycles. The van der Waals surface area contributed by atoms with E-state index in [4.69, 9.17) is 5.11 Å². The molecule has 0 radical (unpaired) electrons. The summed E-state index contributed by atoms with van der Waals surface area (Å²) in [4.78, 5) is 10.7. The van der Waals surface area contributed by atoms with Gasteiger partial charge in [-0.1, -0.05) is 28.1 Å². The molecule has 2 N–H and O–H groups in total. The quantitative estimate of drug-likeness (QED) is 0.860. The normalized spacial score (nSPS) is 15.1. The molecule has 18 heavy (non-hydrogen) atoms. The molecule has 0 aliphatic carbocycles. The van der Waals surface area contributed by atoms with Crippen molar-refractivity contribution in [1.82, 2.24) is 4.72 Å². The van der Waals surface area contributed by atoms with Crippen LogP contribution in [0.3, 0.4) is 0 Å². The van der Waals surface area contributed by atoms with Gasteiger partial charge < -0.3 is 5.11 Å². The predicted molar refractivity (Wildman–Crippen MR) is 71.7 cm³/mol. The maximum Gasteiger partial charge on any atom is 0.323 e. The van der Waals surface area contributed by atoms with Crippen LogP contribution in [-0.4, -0.2) is 24.7 Å². The number of carbonyl (C=O) groups is 1. The summed E-state index contributed by atoms with van der Waals surface area (Å²) >= 11 is 3.29. The van der Waals surface area contributed by atoms with E-state index >= 15 is 0 Å². The molecule has 7 heteroatoms. The number of sulfonamides is 1. The van der Waals surface area contributed by atoms with E-state index in [1.54, 1.807) is 25.1 Å². The first-order valence-corrected chi connectivity index (χ1v) is 7.57. The topological polar surface area (TPSA) is 83.5 Å². The molecule has 1 rings (SSSR count). The van der Waals surface area contributed by atoms with Crippen molar-refractivity contribution in [2.24, 2.45) is 0 Å². The highest BCUT2D eigenvalue weighted by Crippen LogP contribution is 2.19. The summed E-state index contributed by atoms with van der Waals surface area (Å²) in [5.41, 5.74) is 0.755. The van der Waals surface area contributed by atoms with Crippen molar-refractivity contribution in [2.75, 3.05) is 0 Å². The number of carboxylic acids is 1. The average molecular weight is 336 g/mol. The van der Waals surface area contributed by atoms with Crippen LogP contribution in [0.4, 0.5) is 0 Å². The summed E-state index contributed by atoms with van der Waals surface area (Å²) in [6.07, 6.45) is 0. The number of rotatable bonds is 5. The van der Waals surface area contributed by atoms with Gasteiger partial charge in [0.2, 0.25) is 10.0 Å². The highest BCUT2D eigenvalue weighted by atomic mass is 79.9. The van der Waals surface area contributed by atoms with Gasteiger partial charge in [0.1, 0.15) is 0 Å². The van der Waals surface area contributed by atoms with Crippen molar-refractivity contribution in [1.29, 1.82) is 0 Å². The molecule has 0 fully saturated rings. The van der Waals surface area contributed by atoms with Crippen molar-refractivity contribution in [3.05, 3.63) is 34.3 Å². The lowest BCUT2D eigenvalue weighted by molar-refractivity contribution is -0.136. The molecule has 0 aliphatic rings. The van der Waals surface area contributed by atoms with Crippen molar-refractivity contribution in [3.8, 4) is 0 Å². The zero-order valence-corrected chi connectivity index (χ0v) is 12.3. The second kappa shape index (κ2) is 5.81. The Morgan fingerprint density at radius 3 is 2.50 bits per heavy atom. The fourth-order valence-electron chi connectivity index (χ4n) is 1.33. The van der Waals surface area contributed by atoms with E-state index in [1.165, 1.54) is 0 Å². The lowest BCUT2D eigenvalue weighted by Crippen LogP contribution is -2.38.